The molecule has 0 aromatic heterocycles. The summed E-state index contributed by atoms with van der Waals surface area (Å²) in [5.41, 5.74) is 0. The van der Waals surface area contributed by atoms with Gasteiger partial charge < -0.3 is 9.64 Å². The minimum atomic E-state index is 0.204. The average molecular weight is 171 g/mol. The van der Waals surface area contributed by atoms with E-state index in [0.717, 1.165) is 6.29 Å². The van der Waals surface area contributed by atoms with Crippen molar-refractivity contribution in [2.75, 3.05) is 6.54 Å². The predicted molar refractivity (Wildman–Crippen MR) is 54.0 cm³/mol. The van der Waals surface area contributed by atoms with Crippen LogP contribution in [0.3, 0.4) is 0 Å². The molecule has 0 rings (SSSR count). The number of hydrogen-bond donors (Lipinski definition) is 0. The maximum atomic E-state index is 9.50. The third-order valence-electron chi connectivity index (χ3n) is 0.430. The largest absolute Gasteiger partial charge is 0.317 e. The van der Waals surface area contributed by atoms with Crippen LogP contribution in [-0.4, -0.2) is 12.8 Å². The van der Waals surface area contributed by atoms with Crippen molar-refractivity contribution in [2.24, 2.45) is 5.92 Å². The summed E-state index contributed by atoms with van der Waals surface area (Å²) in [6.45, 7) is 16.5. The Bertz CT molecular complexity index is 103. The average Bonchev–Trinajstić information content (AvgIpc) is 2.06. The summed E-state index contributed by atoms with van der Waals surface area (Å²) in [4.78, 5) is 12.5. The molecule has 72 valence electrons. The van der Waals surface area contributed by atoms with Crippen molar-refractivity contribution in [1.82, 2.24) is 0 Å². The molecule has 0 radical (unpaired) electrons. The van der Waals surface area contributed by atoms with E-state index in [9.17, 15) is 4.79 Å². The van der Waals surface area contributed by atoms with Crippen LogP contribution in [0, 0.1) is 12.5 Å². The normalized spacial score (nSPS) is 6.75. The molecule has 0 saturated heterocycles. The molecule has 12 heavy (non-hydrogen) atoms. The number of carbonyl (C=O) groups excluding carboxylic acids is 1. The van der Waals surface area contributed by atoms with Crippen molar-refractivity contribution in [3.8, 4) is 0 Å². The Morgan fingerprint density at radius 1 is 1.33 bits per heavy atom. The fourth-order valence-corrected chi connectivity index (χ4v) is 0. The summed E-state index contributed by atoms with van der Waals surface area (Å²) in [5.74, 6) is 0.204. The van der Waals surface area contributed by atoms with Crippen molar-refractivity contribution < 1.29 is 4.79 Å². The molecule has 0 unspecified atom stereocenters. The van der Waals surface area contributed by atoms with E-state index in [0.29, 0.717) is 6.54 Å². The summed E-state index contributed by atoms with van der Waals surface area (Å²) in [6.07, 6.45) is 2.17. The molecule has 2 heteroatoms. The van der Waals surface area contributed by atoms with E-state index in [2.05, 4.69) is 18.7 Å². The number of hydrogen-bond acceptors (Lipinski definition) is 1. The van der Waals surface area contributed by atoms with Gasteiger partial charge in [-0.3, -0.25) is 0 Å². The number of carbonyl (C=O) groups is 1. The van der Waals surface area contributed by atoms with Gasteiger partial charge in [0.15, 0.2) is 0 Å². The lowest BCUT2D eigenvalue weighted by Crippen LogP contribution is -1.82. The first-order valence-corrected chi connectivity index (χ1v) is 4.38. The highest BCUT2D eigenvalue weighted by Gasteiger charge is 1.79. The quantitative estimate of drug-likeness (QED) is 0.438. The van der Waals surface area contributed by atoms with Crippen LogP contribution in [0.4, 0.5) is 0 Å². The van der Waals surface area contributed by atoms with Crippen LogP contribution < -0.4 is 0 Å². The molecule has 0 aliphatic heterocycles. The summed E-state index contributed by atoms with van der Waals surface area (Å²) < 4.78 is 0. The topological polar surface area (TPSA) is 21.4 Å². The Balaban J connectivity index is -0.000000105. The molecule has 0 saturated carbocycles. The molecule has 0 aliphatic carbocycles. The van der Waals surface area contributed by atoms with Crippen molar-refractivity contribution in [2.45, 2.75) is 41.0 Å². The molecule has 0 bridgehead atoms. The van der Waals surface area contributed by atoms with Gasteiger partial charge in [-0.25, -0.2) is 6.57 Å². The van der Waals surface area contributed by atoms with Crippen molar-refractivity contribution in [3.05, 3.63) is 11.4 Å². The Kier molecular flexibility index (Phi) is 32.4. The monoisotopic (exact) mass is 171 g/mol. The molecule has 0 heterocycles. The molecule has 0 N–H and O–H groups in total. The van der Waals surface area contributed by atoms with Gasteiger partial charge >= 0.3 is 0 Å². The Hall–Kier alpha value is -0.840. The number of rotatable bonds is 1. The lowest BCUT2D eigenvalue weighted by atomic mass is 10.3. The molecular weight excluding hydrogens is 150 g/mol. The smallest absolute Gasteiger partial charge is 0.211 e. The van der Waals surface area contributed by atoms with E-state index in [4.69, 9.17) is 6.57 Å². The molecule has 0 fully saturated rings. The van der Waals surface area contributed by atoms with Gasteiger partial charge in [-0.1, -0.05) is 34.1 Å². The first kappa shape index (κ1) is 17.3. The van der Waals surface area contributed by atoms with Crippen LogP contribution in [-0.2, 0) is 4.79 Å². The first-order valence-electron chi connectivity index (χ1n) is 4.38. The molecule has 0 atom stereocenters. The van der Waals surface area contributed by atoms with E-state index in [-0.39, 0.29) is 5.92 Å². The van der Waals surface area contributed by atoms with Gasteiger partial charge in [0.2, 0.25) is 6.54 Å². The molecule has 0 aromatic rings. The van der Waals surface area contributed by atoms with Gasteiger partial charge in [-0.2, -0.15) is 0 Å². The van der Waals surface area contributed by atoms with E-state index in [1.807, 2.05) is 20.8 Å². The van der Waals surface area contributed by atoms with Gasteiger partial charge in [0.1, 0.15) is 6.29 Å². The lowest BCUT2D eigenvalue weighted by molar-refractivity contribution is -0.110. The van der Waals surface area contributed by atoms with E-state index in [1.165, 1.54) is 6.42 Å². The third kappa shape index (κ3) is 131. The van der Waals surface area contributed by atoms with Crippen LogP contribution in [0.2, 0.25) is 0 Å². The standard InChI is InChI=1S/C4H8O.C3H5N.C3H8/c1-4(2)3-5;1-3-4-2;1-3-2/h3-4H,1-2H3;3H2,1H3;3H2,1-2H3. The molecule has 2 nitrogen and oxygen atoms in total. The van der Waals surface area contributed by atoms with Crippen LogP contribution in [0.1, 0.15) is 41.0 Å². The second-order valence-electron chi connectivity index (χ2n) is 2.56. The summed E-state index contributed by atoms with van der Waals surface area (Å²) in [5, 5.41) is 0. The van der Waals surface area contributed by atoms with Gasteiger partial charge in [-0.05, 0) is 0 Å². The Morgan fingerprint density at radius 2 is 1.50 bits per heavy atom. The summed E-state index contributed by atoms with van der Waals surface area (Å²) >= 11 is 0. The Labute approximate surface area is 76.8 Å². The highest BCUT2D eigenvalue weighted by molar-refractivity contribution is 5.51. The molecule has 0 aromatic carbocycles. The molecule has 0 spiro atoms. The van der Waals surface area contributed by atoms with Crippen LogP contribution in [0.15, 0.2) is 0 Å². The number of nitrogens with zero attached hydrogens (tertiary/aromatic N) is 1. The second kappa shape index (κ2) is 22.5. The Morgan fingerprint density at radius 3 is 1.50 bits per heavy atom. The lowest BCUT2D eigenvalue weighted by Gasteiger charge is -1.78. The summed E-state index contributed by atoms with van der Waals surface area (Å²) in [6, 6.07) is 0. The zero-order valence-corrected chi connectivity index (χ0v) is 8.92. The predicted octanol–water partition coefficient (Wildman–Crippen LogP) is 3.18. The summed E-state index contributed by atoms with van der Waals surface area (Å²) in [7, 11) is 0. The van der Waals surface area contributed by atoms with Gasteiger partial charge in [0.25, 0.3) is 0 Å². The maximum absolute atomic E-state index is 9.50. The van der Waals surface area contributed by atoms with E-state index < -0.39 is 0 Å². The van der Waals surface area contributed by atoms with Crippen molar-refractivity contribution >= 4 is 6.29 Å². The van der Waals surface area contributed by atoms with E-state index in [1.54, 1.807) is 0 Å². The highest BCUT2D eigenvalue weighted by atomic mass is 16.1. The van der Waals surface area contributed by atoms with Crippen LogP contribution >= 0.6 is 0 Å². The second-order valence-corrected chi connectivity index (χ2v) is 2.56. The fraction of sp³-hybridized carbons (Fsp3) is 0.800. The van der Waals surface area contributed by atoms with Gasteiger partial charge in [0, 0.05) is 12.8 Å². The zero-order valence-electron chi connectivity index (χ0n) is 8.92. The van der Waals surface area contributed by atoms with Crippen LogP contribution in [0.25, 0.3) is 4.85 Å². The SMILES string of the molecule is CC(C)C=O.CCC.[C-]#[N+]CC. The van der Waals surface area contributed by atoms with Gasteiger partial charge in [-0.15, -0.1) is 0 Å². The number of aldehydes is 1. The maximum Gasteiger partial charge on any atom is 0.211 e. The molecular formula is C10H21NO. The minimum absolute atomic E-state index is 0.204. The highest BCUT2D eigenvalue weighted by Crippen LogP contribution is 1.78. The first-order chi connectivity index (χ1) is 5.60. The zero-order chi connectivity index (χ0) is 10.4. The van der Waals surface area contributed by atoms with E-state index >= 15 is 0 Å². The minimum Gasteiger partial charge on any atom is -0.317 e. The fourth-order valence-electron chi connectivity index (χ4n) is 0. The molecule has 0 aliphatic rings. The third-order valence-corrected chi connectivity index (χ3v) is 0.430. The van der Waals surface area contributed by atoms with Crippen molar-refractivity contribution in [1.29, 1.82) is 0 Å². The van der Waals surface area contributed by atoms with Gasteiger partial charge in [0.05, 0.1) is 0 Å². The van der Waals surface area contributed by atoms with Crippen LogP contribution in [0.5, 0.6) is 0 Å². The molecule has 0 amide bonds. The van der Waals surface area contributed by atoms with Crippen molar-refractivity contribution in [3.63, 3.8) is 0 Å².